The van der Waals surface area contributed by atoms with Crippen molar-refractivity contribution in [1.29, 1.82) is 0 Å². The molecule has 0 saturated carbocycles. The van der Waals surface area contributed by atoms with Gasteiger partial charge < -0.3 is 14.5 Å². The predicted molar refractivity (Wildman–Crippen MR) is 103 cm³/mol. The molecule has 1 N–H and O–H groups in total. The van der Waals surface area contributed by atoms with Crippen molar-refractivity contribution in [1.82, 2.24) is 0 Å². The van der Waals surface area contributed by atoms with Gasteiger partial charge in [0.2, 0.25) is 5.78 Å². The van der Waals surface area contributed by atoms with Gasteiger partial charge in [0.25, 0.3) is 5.91 Å². The van der Waals surface area contributed by atoms with Gasteiger partial charge in [0.15, 0.2) is 11.9 Å². The lowest BCUT2D eigenvalue weighted by Crippen LogP contribution is -2.25. The molecule has 0 aliphatic rings. The Labute approximate surface area is 162 Å². The number of carbonyl (C=O) groups is 3. The van der Waals surface area contributed by atoms with Gasteiger partial charge in [0.05, 0.1) is 17.5 Å². The molecule has 3 rings (SSSR count). The van der Waals surface area contributed by atoms with Gasteiger partial charge in [-0.25, -0.2) is 4.79 Å². The fourth-order valence-corrected chi connectivity index (χ4v) is 2.59. The first-order chi connectivity index (χ1) is 13.5. The summed E-state index contributed by atoms with van der Waals surface area (Å²) < 4.78 is 10.4. The number of Topliss-reactive ketones (excluding diaryl/α,β-unsaturated/α-hetero) is 1. The Balaban J connectivity index is 1.72. The average molecular weight is 377 g/mol. The summed E-state index contributed by atoms with van der Waals surface area (Å²) in [5, 5.41) is 2.62. The van der Waals surface area contributed by atoms with Gasteiger partial charge in [-0.1, -0.05) is 42.0 Å². The Morgan fingerprint density at radius 2 is 1.68 bits per heavy atom. The largest absolute Gasteiger partial charge is 0.459 e. The summed E-state index contributed by atoms with van der Waals surface area (Å²) in [5.74, 6) is -1.38. The zero-order valence-electron chi connectivity index (χ0n) is 15.5. The molecule has 142 valence electrons. The van der Waals surface area contributed by atoms with Crippen molar-refractivity contribution in [2.75, 3.05) is 5.32 Å². The van der Waals surface area contributed by atoms with Gasteiger partial charge in [-0.05, 0) is 38.1 Å². The van der Waals surface area contributed by atoms with Crippen LogP contribution in [-0.4, -0.2) is 23.8 Å². The lowest BCUT2D eigenvalue weighted by atomic mass is 10.1. The Hall–Kier alpha value is -3.67. The minimum Gasteiger partial charge on any atom is -0.459 e. The molecule has 1 aromatic heterocycles. The van der Waals surface area contributed by atoms with Crippen LogP contribution in [0.25, 0.3) is 0 Å². The number of anilines is 1. The van der Waals surface area contributed by atoms with E-state index in [1.807, 2.05) is 19.1 Å². The Morgan fingerprint density at radius 3 is 2.36 bits per heavy atom. The standard InChI is InChI=1S/C22H19NO5/c1-14-9-11-16(12-10-14)20(24)15(2)28-22(26)17-6-3-4-7-18(17)23-21(25)19-8-5-13-27-19/h3-13,15H,1-2H3,(H,23,25)/t15-/m1/s1. The van der Waals surface area contributed by atoms with E-state index in [-0.39, 0.29) is 22.8 Å². The molecular weight excluding hydrogens is 358 g/mol. The number of aryl methyl sites for hydroxylation is 1. The van der Waals surface area contributed by atoms with Crippen molar-refractivity contribution in [3.8, 4) is 0 Å². The summed E-state index contributed by atoms with van der Waals surface area (Å²) in [6.07, 6.45) is 0.414. The van der Waals surface area contributed by atoms with Gasteiger partial charge in [-0.3, -0.25) is 9.59 Å². The van der Waals surface area contributed by atoms with Crippen LogP contribution in [0.15, 0.2) is 71.3 Å². The molecule has 0 bridgehead atoms. The number of ether oxygens (including phenoxy) is 1. The lowest BCUT2D eigenvalue weighted by molar-refractivity contribution is 0.0320. The molecule has 1 amide bonds. The van der Waals surface area contributed by atoms with Crippen LogP contribution in [0.1, 0.15) is 43.8 Å². The molecule has 6 heteroatoms. The summed E-state index contributed by atoms with van der Waals surface area (Å²) >= 11 is 0. The summed E-state index contributed by atoms with van der Waals surface area (Å²) in [5.41, 5.74) is 1.91. The minimum absolute atomic E-state index is 0.117. The highest BCUT2D eigenvalue weighted by Crippen LogP contribution is 2.19. The second-order valence-corrected chi connectivity index (χ2v) is 6.25. The maximum atomic E-state index is 12.6. The van der Waals surface area contributed by atoms with Gasteiger partial charge in [0.1, 0.15) is 0 Å². The van der Waals surface area contributed by atoms with E-state index in [4.69, 9.17) is 9.15 Å². The van der Waals surface area contributed by atoms with E-state index in [0.29, 0.717) is 5.56 Å². The van der Waals surface area contributed by atoms with Crippen molar-refractivity contribution < 1.29 is 23.5 Å². The molecule has 0 unspecified atom stereocenters. The normalized spacial score (nSPS) is 11.5. The molecule has 1 heterocycles. The van der Waals surface area contributed by atoms with Crippen molar-refractivity contribution >= 4 is 23.3 Å². The second kappa shape index (κ2) is 8.35. The number of para-hydroxylation sites is 1. The molecule has 0 fully saturated rings. The van der Waals surface area contributed by atoms with Crippen LogP contribution < -0.4 is 5.32 Å². The number of esters is 1. The fourth-order valence-electron chi connectivity index (χ4n) is 2.59. The van der Waals surface area contributed by atoms with E-state index in [2.05, 4.69) is 5.32 Å². The van der Waals surface area contributed by atoms with Crippen LogP contribution in [-0.2, 0) is 4.74 Å². The highest BCUT2D eigenvalue weighted by atomic mass is 16.5. The maximum Gasteiger partial charge on any atom is 0.340 e. The smallest absolute Gasteiger partial charge is 0.340 e. The highest BCUT2D eigenvalue weighted by molar-refractivity contribution is 6.07. The SMILES string of the molecule is Cc1ccc(C(=O)[C@@H](C)OC(=O)c2ccccc2NC(=O)c2ccco2)cc1. The molecule has 3 aromatic rings. The molecule has 0 saturated heterocycles. The van der Waals surface area contributed by atoms with Crippen LogP contribution in [0.3, 0.4) is 0 Å². The van der Waals surface area contributed by atoms with Crippen molar-refractivity contribution in [2.24, 2.45) is 0 Å². The van der Waals surface area contributed by atoms with Crippen LogP contribution in [0.4, 0.5) is 5.69 Å². The molecule has 0 aliphatic heterocycles. The van der Waals surface area contributed by atoms with E-state index >= 15 is 0 Å². The van der Waals surface area contributed by atoms with Crippen LogP contribution in [0, 0.1) is 6.92 Å². The molecule has 2 aromatic carbocycles. The molecule has 0 spiro atoms. The number of benzene rings is 2. The number of rotatable bonds is 6. The maximum absolute atomic E-state index is 12.6. The quantitative estimate of drug-likeness (QED) is 0.512. The first-order valence-electron chi connectivity index (χ1n) is 8.71. The minimum atomic E-state index is -0.968. The van der Waals surface area contributed by atoms with Gasteiger partial charge in [-0.15, -0.1) is 0 Å². The van der Waals surface area contributed by atoms with Crippen molar-refractivity contribution in [3.63, 3.8) is 0 Å². The second-order valence-electron chi connectivity index (χ2n) is 6.25. The molecule has 6 nitrogen and oxygen atoms in total. The summed E-state index contributed by atoms with van der Waals surface area (Å²) in [6, 6.07) is 16.5. The van der Waals surface area contributed by atoms with E-state index in [0.717, 1.165) is 5.56 Å². The van der Waals surface area contributed by atoms with Gasteiger partial charge >= 0.3 is 5.97 Å². The number of furan rings is 1. The number of hydrogen-bond donors (Lipinski definition) is 1. The zero-order valence-corrected chi connectivity index (χ0v) is 15.5. The number of amides is 1. The van der Waals surface area contributed by atoms with Crippen LogP contribution >= 0.6 is 0 Å². The molecular formula is C22H19NO5. The molecule has 0 aliphatic carbocycles. The highest BCUT2D eigenvalue weighted by Gasteiger charge is 2.22. The van der Waals surface area contributed by atoms with Crippen molar-refractivity contribution in [3.05, 3.63) is 89.4 Å². The molecule has 0 radical (unpaired) electrons. The third-order valence-corrected chi connectivity index (χ3v) is 4.13. The third-order valence-electron chi connectivity index (χ3n) is 4.13. The van der Waals surface area contributed by atoms with E-state index in [9.17, 15) is 14.4 Å². The predicted octanol–water partition coefficient (Wildman–Crippen LogP) is 4.27. The fraction of sp³-hybridized carbons (Fsp3) is 0.136. The summed E-state index contributed by atoms with van der Waals surface area (Å²) in [7, 11) is 0. The number of nitrogens with one attached hydrogen (secondary N) is 1. The Bertz CT molecular complexity index is 990. The zero-order chi connectivity index (χ0) is 20.1. The first-order valence-corrected chi connectivity index (χ1v) is 8.71. The number of hydrogen-bond acceptors (Lipinski definition) is 5. The number of carbonyl (C=O) groups excluding carboxylic acids is 3. The topological polar surface area (TPSA) is 85.6 Å². The Kier molecular flexibility index (Phi) is 5.69. The van der Waals surface area contributed by atoms with Gasteiger partial charge in [-0.2, -0.15) is 0 Å². The summed E-state index contributed by atoms with van der Waals surface area (Å²) in [6.45, 7) is 3.44. The van der Waals surface area contributed by atoms with Crippen LogP contribution in [0.2, 0.25) is 0 Å². The van der Waals surface area contributed by atoms with Crippen molar-refractivity contribution in [2.45, 2.75) is 20.0 Å². The number of ketones is 1. The average Bonchev–Trinajstić information content (AvgIpc) is 3.23. The first kappa shape index (κ1) is 19.1. The third kappa shape index (κ3) is 4.35. The molecule has 1 atom stereocenters. The van der Waals surface area contributed by atoms with E-state index < -0.39 is 18.0 Å². The monoisotopic (exact) mass is 377 g/mol. The molecule has 28 heavy (non-hydrogen) atoms. The lowest BCUT2D eigenvalue weighted by Gasteiger charge is -2.14. The van der Waals surface area contributed by atoms with E-state index in [1.54, 1.807) is 36.4 Å². The Morgan fingerprint density at radius 1 is 0.964 bits per heavy atom. The van der Waals surface area contributed by atoms with Crippen LogP contribution in [0.5, 0.6) is 0 Å². The van der Waals surface area contributed by atoms with E-state index in [1.165, 1.54) is 25.3 Å². The van der Waals surface area contributed by atoms with Gasteiger partial charge in [0, 0.05) is 5.56 Å². The summed E-state index contributed by atoms with van der Waals surface area (Å²) in [4.78, 5) is 37.2.